The Balaban J connectivity index is 1.13. The Morgan fingerprint density at radius 2 is 0.963 bits per heavy atom. The first-order valence-electron chi connectivity index (χ1n) is 16.9. The summed E-state index contributed by atoms with van der Waals surface area (Å²) in [5.74, 6) is -2.04. The molecule has 0 aliphatic rings. The summed E-state index contributed by atoms with van der Waals surface area (Å²) in [6, 6.07) is 6.12. The molecule has 5 heterocycles. The topological polar surface area (TPSA) is 238 Å². The molecule has 0 spiro atoms. The molecule has 0 fully saturated rings. The van der Waals surface area contributed by atoms with Gasteiger partial charge in [0.1, 0.15) is 22.8 Å². The van der Waals surface area contributed by atoms with Crippen molar-refractivity contribution in [2.75, 3.05) is 40.9 Å². The predicted octanol–water partition coefficient (Wildman–Crippen LogP) is 1.37. The molecule has 0 unspecified atom stereocenters. The third-order valence-corrected chi connectivity index (χ3v) is 8.33. The maximum absolute atomic E-state index is 13.2. The molecule has 19 heteroatoms. The quantitative estimate of drug-likeness (QED) is 0.0772. The van der Waals surface area contributed by atoms with E-state index in [1.807, 2.05) is 0 Å². The second kappa shape index (κ2) is 16.6. The molecule has 8 N–H and O–H groups in total. The van der Waals surface area contributed by atoms with Gasteiger partial charge in [0.25, 0.3) is 29.5 Å². The predicted molar refractivity (Wildman–Crippen MR) is 200 cm³/mol. The molecular formula is C35H43N13O6. The van der Waals surface area contributed by atoms with E-state index in [1.54, 1.807) is 95.1 Å². The number of hydrogen-bond donors (Lipinski definition) is 7. The van der Waals surface area contributed by atoms with Crippen molar-refractivity contribution in [3.8, 4) is 0 Å². The Hall–Kier alpha value is -6.89. The van der Waals surface area contributed by atoms with Gasteiger partial charge < -0.3 is 60.5 Å². The average molecular weight is 742 g/mol. The maximum Gasteiger partial charge on any atom is 0.287 e. The Kier molecular flexibility index (Phi) is 11.8. The molecule has 0 saturated heterocycles. The lowest BCUT2D eigenvalue weighted by Crippen LogP contribution is -2.30. The highest BCUT2D eigenvalue weighted by molar-refractivity contribution is 6.09. The summed E-state index contributed by atoms with van der Waals surface area (Å²) in [6.07, 6.45) is 10.1. The van der Waals surface area contributed by atoms with Gasteiger partial charge in [0, 0.05) is 98.5 Å². The fourth-order valence-electron chi connectivity index (χ4n) is 5.63. The second-order valence-corrected chi connectivity index (χ2v) is 12.6. The summed E-state index contributed by atoms with van der Waals surface area (Å²) < 4.78 is 7.86. The van der Waals surface area contributed by atoms with E-state index in [-0.39, 0.29) is 53.6 Å². The first-order chi connectivity index (χ1) is 25.7. The van der Waals surface area contributed by atoms with Crippen LogP contribution in [0.1, 0.15) is 65.4 Å². The fourth-order valence-corrected chi connectivity index (χ4v) is 5.63. The van der Waals surface area contributed by atoms with Crippen molar-refractivity contribution in [2.24, 2.45) is 41.0 Å². The molecule has 0 aliphatic carbocycles. The van der Waals surface area contributed by atoms with Crippen LogP contribution in [0.4, 0.5) is 22.7 Å². The lowest BCUT2D eigenvalue weighted by atomic mass is 10.3. The highest BCUT2D eigenvalue weighted by Gasteiger charge is 2.20. The van der Waals surface area contributed by atoms with Crippen LogP contribution in [0.15, 0.2) is 61.4 Å². The van der Waals surface area contributed by atoms with Gasteiger partial charge in [-0.1, -0.05) is 0 Å². The average Bonchev–Trinajstić information content (AvgIpc) is 3.94. The molecular weight excluding hydrogens is 698 g/mol. The zero-order valence-corrected chi connectivity index (χ0v) is 30.5. The Morgan fingerprint density at radius 1 is 0.556 bits per heavy atom. The highest BCUT2D eigenvalue weighted by Crippen LogP contribution is 2.21. The second-order valence-electron chi connectivity index (χ2n) is 12.6. The van der Waals surface area contributed by atoms with E-state index in [0.29, 0.717) is 48.0 Å². The van der Waals surface area contributed by atoms with Crippen molar-refractivity contribution >= 4 is 58.2 Å². The molecule has 54 heavy (non-hydrogen) atoms. The van der Waals surface area contributed by atoms with Gasteiger partial charge in [-0.3, -0.25) is 28.8 Å². The van der Waals surface area contributed by atoms with E-state index in [9.17, 15) is 28.8 Å². The molecule has 5 aromatic rings. The van der Waals surface area contributed by atoms with Gasteiger partial charge in [-0.15, -0.1) is 0 Å². The molecule has 0 saturated carbocycles. The van der Waals surface area contributed by atoms with Gasteiger partial charge >= 0.3 is 0 Å². The first kappa shape index (κ1) is 38.3. The van der Waals surface area contributed by atoms with E-state index in [4.69, 9.17) is 5.73 Å². The molecule has 0 aliphatic heterocycles. The summed E-state index contributed by atoms with van der Waals surface area (Å²) in [7, 11) is 8.37. The number of aromatic nitrogens is 6. The zero-order chi connectivity index (χ0) is 39.1. The number of nitrogens with one attached hydrogen (secondary N) is 6. The number of hydrogen-bond acceptors (Lipinski definition) is 8. The van der Waals surface area contributed by atoms with Crippen LogP contribution in [-0.4, -0.2) is 82.9 Å². The number of carbonyl (C=O) groups is 6. The van der Waals surface area contributed by atoms with Crippen molar-refractivity contribution in [1.29, 1.82) is 0 Å². The first-order valence-corrected chi connectivity index (χ1v) is 16.9. The van der Waals surface area contributed by atoms with Crippen molar-refractivity contribution in [2.45, 2.75) is 12.8 Å². The summed E-state index contributed by atoms with van der Waals surface area (Å²) >= 11 is 0. The monoisotopic (exact) mass is 741 g/mol. The molecule has 0 radical (unpaired) electrons. The van der Waals surface area contributed by atoms with E-state index in [0.717, 1.165) is 0 Å². The van der Waals surface area contributed by atoms with Gasteiger partial charge in [-0.25, -0.2) is 4.98 Å². The van der Waals surface area contributed by atoms with Gasteiger partial charge in [0.05, 0.1) is 22.7 Å². The number of aryl methyl sites for hydroxylation is 5. The lowest BCUT2D eigenvalue weighted by Gasteiger charge is -2.05. The number of rotatable bonds is 15. The normalized spacial score (nSPS) is 10.9. The van der Waals surface area contributed by atoms with E-state index < -0.39 is 17.7 Å². The SMILES string of the molecule is Cn1cc(NC(=O)c2cc(NC(=O)c3cc(NC(=O)c4cc(NC(=O)CCCNC(=O)c5nccn5C)cn4C)cn3C)cn2C)cc1C(=O)NCCN. The van der Waals surface area contributed by atoms with Crippen LogP contribution >= 0.6 is 0 Å². The van der Waals surface area contributed by atoms with Gasteiger partial charge in [0.2, 0.25) is 5.91 Å². The van der Waals surface area contributed by atoms with Crippen LogP contribution in [-0.2, 0) is 40.0 Å². The summed E-state index contributed by atoms with van der Waals surface area (Å²) in [5.41, 5.74) is 8.12. The largest absolute Gasteiger partial charge is 0.349 e. The van der Waals surface area contributed by atoms with Crippen LogP contribution in [0.3, 0.4) is 0 Å². The van der Waals surface area contributed by atoms with Crippen molar-refractivity contribution < 1.29 is 28.8 Å². The van der Waals surface area contributed by atoms with Gasteiger partial charge in [-0.2, -0.15) is 0 Å². The van der Waals surface area contributed by atoms with Crippen LogP contribution < -0.4 is 37.6 Å². The maximum atomic E-state index is 13.2. The number of nitrogens with zero attached hydrogens (tertiary/aromatic N) is 6. The molecule has 5 aromatic heterocycles. The lowest BCUT2D eigenvalue weighted by molar-refractivity contribution is -0.116. The number of amides is 6. The minimum Gasteiger partial charge on any atom is -0.349 e. The van der Waals surface area contributed by atoms with Gasteiger partial charge in [0.15, 0.2) is 5.82 Å². The highest BCUT2D eigenvalue weighted by atomic mass is 16.2. The summed E-state index contributed by atoms with van der Waals surface area (Å²) in [5, 5.41) is 16.5. The van der Waals surface area contributed by atoms with Crippen LogP contribution in [0.5, 0.6) is 0 Å². The van der Waals surface area contributed by atoms with Crippen LogP contribution in [0.2, 0.25) is 0 Å². The Bertz CT molecular complexity index is 2220. The summed E-state index contributed by atoms with van der Waals surface area (Å²) in [6.45, 7) is 0.909. The van der Waals surface area contributed by atoms with E-state index in [2.05, 4.69) is 36.9 Å². The molecule has 0 aromatic carbocycles. The minimum absolute atomic E-state index is 0.148. The molecule has 6 amide bonds. The number of anilines is 4. The third kappa shape index (κ3) is 9.12. The molecule has 19 nitrogen and oxygen atoms in total. The van der Waals surface area contributed by atoms with Crippen LogP contribution in [0, 0.1) is 0 Å². The Labute approximate surface area is 309 Å². The third-order valence-electron chi connectivity index (χ3n) is 8.33. The molecule has 0 atom stereocenters. The fraction of sp³-hybridized carbons (Fsp3) is 0.286. The van der Waals surface area contributed by atoms with Crippen molar-refractivity contribution in [3.63, 3.8) is 0 Å². The van der Waals surface area contributed by atoms with E-state index >= 15 is 0 Å². The zero-order valence-electron chi connectivity index (χ0n) is 30.5. The number of carbonyl (C=O) groups excluding carboxylic acids is 6. The number of nitrogens with two attached hydrogens (primary N) is 1. The van der Waals surface area contributed by atoms with Crippen molar-refractivity contribution in [1.82, 2.24) is 38.5 Å². The van der Waals surface area contributed by atoms with Gasteiger partial charge in [-0.05, 0) is 30.7 Å². The Morgan fingerprint density at radius 3 is 1.37 bits per heavy atom. The molecule has 5 rings (SSSR count). The minimum atomic E-state index is -0.480. The smallest absolute Gasteiger partial charge is 0.287 e. The molecule has 284 valence electrons. The van der Waals surface area contributed by atoms with E-state index in [1.165, 1.54) is 24.4 Å². The summed E-state index contributed by atoms with van der Waals surface area (Å²) in [4.78, 5) is 80.5. The standard InChI is InChI=1S/C35H43N13O6/c1-44-12-11-37-30(44)35(54)38-9-6-7-29(49)40-21-13-26(46(3)17-21)32(51)42-23-15-28(48(5)19-23)34(53)43-24-16-27(47(4)20-24)33(52)41-22-14-25(45(2)18-22)31(50)39-10-8-36/h11-20H,6-10,36H2,1-5H3,(H,38,54)(H,39,50)(H,40,49)(H,41,52)(H,42,51)(H,43,53). The molecule has 0 bridgehead atoms. The number of imidazole rings is 1. The van der Waals surface area contributed by atoms with Crippen molar-refractivity contribution in [3.05, 3.63) is 90.0 Å². The van der Waals surface area contributed by atoms with Crippen LogP contribution in [0.25, 0.3) is 0 Å².